The number of rotatable bonds is 12. The smallest absolute Gasteiger partial charge is 0.326 e. The third-order valence-corrected chi connectivity index (χ3v) is 3.50. The van der Waals surface area contributed by atoms with Gasteiger partial charge in [0.2, 0.25) is 11.8 Å². The summed E-state index contributed by atoms with van der Waals surface area (Å²) in [6.45, 7) is 0.596. The molecule has 1 atom stereocenters. The van der Waals surface area contributed by atoms with Crippen molar-refractivity contribution in [2.45, 2.75) is 38.1 Å². The van der Waals surface area contributed by atoms with E-state index in [4.69, 9.17) is 10.2 Å². The van der Waals surface area contributed by atoms with Crippen LogP contribution in [0.4, 0.5) is 9.18 Å². The molecule has 1 heterocycles. The lowest BCUT2D eigenvalue weighted by Gasteiger charge is -2.14. The molecule has 11 nitrogen and oxygen atoms in total. The van der Waals surface area contributed by atoms with Crippen LogP contribution in [0.5, 0.6) is 0 Å². The van der Waals surface area contributed by atoms with Gasteiger partial charge in [0.1, 0.15) is 6.04 Å². The van der Waals surface area contributed by atoms with Crippen LogP contribution in [0, 0.1) is 5.95 Å². The van der Waals surface area contributed by atoms with Crippen molar-refractivity contribution in [2.24, 2.45) is 0 Å². The number of hydrogen-bond acceptors (Lipinski definition) is 6. The highest BCUT2D eigenvalue weighted by atomic mass is 18.2. The Morgan fingerprint density at radius 1 is 1.07 bits per heavy atom. The Labute approximate surface area is 159 Å². The standard InChI is InChI=1S/C16H22FN5O6/c17-11-6-9-18-13(22-11)14(25)19-7-2-1-3-8-20-16(28)21-10(15(26)27)4-5-12(23)24/h6,9-10H,1-5,7-8H2,(H,19,25)(H,23,24)(H,26,27)(H2,20,21,28)/t10-/m0/s1/i17-1. The Morgan fingerprint density at radius 2 is 1.75 bits per heavy atom. The van der Waals surface area contributed by atoms with E-state index in [0.29, 0.717) is 25.8 Å². The van der Waals surface area contributed by atoms with Crippen LogP contribution in [0.15, 0.2) is 12.3 Å². The van der Waals surface area contributed by atoms with Gasteiger partial charge in [-0.3, -0.25) is 9.59 Å². The molecule has 0 saturated heterocycles. The summed E-state index contributed by atoms with van der Waals surface area (Å²) < 4.78 is 12.9. The van der Waals surface area contributed by atoms with Gasteiger partial charge >= 0.3 is 18.0 Å². The van der Waals surface area contributed by atoms with Crippen molar-refractivity contribution in [3.63, 3.8) is 0 Å². The maximum Gasteiger partial charge on any atom is 0.326 e. The van der Waals surface area contributed by atoms with Gasteiger partial charge in [-0.25, -0.2) is 14.6 Å². The van der Waals surface area contributed by atoms with Gasteiger partial charge in [-0.1, -0.05) is 0 Å². The highest BCUT2D eigenvalue weighted by Crippen LogP contribution is 1.99. The van der Waals surface area contributed by atoms with E-state index < -0.39 is 35.9 Å². The van der Waals surface area contributed by atoms with Gasteiger partial charge in [-0.2, -0.15) is 9.37 Å². The van der Waals surface area contributed by atoms with Crippen LogP contribution in [0.25, 0.3) is 0 Å². The number of urea groups is 1. The Bertz CT molecular complexity index is 702. The van der Waals surface area contributed by atoms with Crippen molar-refractivity contribution < 1.29 is 33.8 Å². The number of amides is 3. The van der Waals surface area contributed by atoms with Gasteiger partial charge in [0, 0.05) is 31.8 Å². The molecule has 154 valence electrons. The summed E-state index contributed by atoms with van der Waals surface area (Å²) in [4.78, 5) is 51.8. The summed E-state index contributed by atoms with van der Waals surface area (Å²) >= 11 is 0. The summed E-state index contributed by atoms with van der Waals surface area (Å²) in [6.07, 6.45) is 2.39. The summed E-state index contributed by atoms with van der Waals surface area (Å²) in [5.74, 6) is -4.09. The largest absolute Gasteiger partial charge is 0.481 e. The first-order valence-electron chi connectivity index (χ1n) is 8.55. The molecule has 0 bridgehead atoms. The SMILES string of the molecule is O=C(O)CC[C@H](NC(=O)NCCCCCNC(=O)c1nccc([18F])n1)C(=O)O. The van der Waals surface area contributed by atoms with Crippen LogP contribution < -0.4 is 16.0 Å². The first-order chi connectivity index (χ1) is 13.3. The van der Waals surface area contributed by atoms with Crippen molar-refractivity contribution >= 4 is 23.9 Å². The maximum atomic E-state index is 12.9. The molecule has 0 aliphatic carbocycles. The number of aromatic nitrogens is 2. The number of nitrogens with one attached hydrogen (secondary N) is 3. The molecule has 0 radical (unpaired) electrons. The molecule has 0 unspecified atom stereocenters. The second kappa shape index (κ2) is 12.1. The number of carbonyl (C=O) groups is 4. The number of nitrogens with zero attached hydrogens (tertiary/aromatic N) is 2. The molecule has 0 aliphatic heterocycles. The molecule has 28 heavy (non-hydrogen) atoms. The molecular weight excluding hydrogens is 376 g/mol. The summed E-state index contributed by atoms with van der Waals surface area (Å²) in [5, 5.41) is 24.7. The van der Waals surface area contributed by atoms with E-state index in [-0.39, 0.29) is 25.2 Å². The summed E-state index contributed by atoms with van der Waals surface area (Å²) in [5.41, 5.74) is 0. The quantitative estimate of drug-likeness (QED) is 0.244. The Hall–Kier alpha value is -3.31. The number of halogens is 1. The molecular formula is C16H22FN5O6. The van der Waals surface area contributed by atoms with E-state index in [2.05, 4.69) is 25.9 Å². The number of hydrogen-bond donors (Lipinski definition) is 5. The third kappa shape index (κ3) is 9.40. The number of carbonyl (C=O) groups excluding carboxylic acids is 2. The van der Waals surface area contributed by atoms with Crippen molar-refractivity contribution in [3.05, 3.63) is 24.0 Å². The molecule has 1 rings (SSSR count). The molecule has 0 fully saturated rings. The van der Waals surface area contributed by atoms with Crippen LogP contribution in [-0.2, 0) is 9.59 Å². The Morgan fingerprint density at radius 3 is 2.36 bits per heavy atom. The van der Waals surface area contributed by atoms with E-state index in [1.54, 1.807) is 0 Å². The molecule has 0 aromatic carbocycles. The van der Waals surface area contributed by atoms with Crippen LogP contribution in [-0.4, -0.2) is 63.2 Å². The van der Waals surface area contributed by atoms with E-state index >= 15 is 0 Å². The Balaban J connectivity index is 2.14. The third-order valence-electron chi connectivity index (χ3n) is 3.50. The maximum absolute atomic E-state index is 12.9. The van der Waals surface area contributed by atoms with Gasteiger partial charge in [0.15, 0.2) is 0 Å². The zero-order valence-electron chi connectivity index (χ0n) is 15.0. The number of carboxylic acids is 2. The van der Waals surface area contributed by atoms with E-state index in [1.807, 2.05) is 0 Å². The molecule has 1 aromatic heterocycles. The first kappa shape index (κ1) is 22.7. The van der Waals surface area contributed by atoms with Crippen LogP contribution >= 0.6 is 0 Å². The molecule has 5 N–H and O–H groups in total. The van der Waals surface area contributed by atoms with Crippen LogP contribution in [0.3, 0.4) is 0 Å². The molecule has 12 heteroatoms. The zero-order chi connectivity index (χ0) is 20.9. The minimum atomic E-state index is -1.31. The van der Waals surface area contributed by atoms with Gasteiger partial charge in [0.05, 0.1) is 0 Å². The highest BCUT2D eigenvalue weighted by Gasteiger charge is 2.20. The molecule has 0 spiro atoms. The molecule has 0 saturated carbocycles. The lowest BCUT2D eigenvalue weighted by atomic mass is 10.1. The van der Waals surface area contributed by atoms with Crippen molar-refractivity contribution in [2.75, 3.05) is 13.1 Å². The second-order valence-electron chi connectivity index (χ2n) is 5.74. The fraction of sp³-hybridized carbons (Fsp3) is 0.500. The van der Waals surface area contributed by atoms with Gasteiger partial charge in [0.25, 0.3) is 5.91 Å². The zero-order valence-corrected chi connectivity index (χ0v) is 15.0. The van der Waals surface area contributed by atoms with Crippen molar-refractivity contribution in [1.82, 2.24) is 25.9 Å². The fourth-order valence-corrected chi connectivity index (χ4v) is 2.09. The average molecular weight is 398 g/mol. The van der Waals surface area contributed by atoms with Gasteiger partial charge in [-0.15, -0.1) is 0 Å². The lowest BCUT2D eigenvalue weighted by Crippen LogP contribution is -2.46. The van der Waals surface area contributed by atoms with E-state index in [1.165, 1.54) is 0 Å². The topological polar surface area (TPSA) is 171 Å². The predicted molar refractivity (Wildman–Crippen MR) is 93.0 cm³/mol. The highest BCUT2D eigenvalue weighted by molar-refractivity contribution is 5.90. The van der Waals surface area contributed by atoms with Gasteiger partial charge in [-0.05, 0) is 25.7 Å². The van der Waals surface area contributed by atoms with Crippen molar-refractivity contribution in [3.8, 4) is 0 Å². The summed E-state index contributed by atoms with van der Waals surface area (Å²) in [6, 6.07) is -0.948. The number of unbranched alkanes of at least 4 members (excludes halogenated alkanes) is 2. The van der Waals surface area contributed by atoms with Gasteiger partial charge < -0.3 is 26.2 Å². The van der Waals surface area contributed by atoms with Crippen molar-refractivity contribution in [1.29, 1.82) is 0 Å². The lowest BCUT2D eigenvalue weighted by molar-refractivity contribution is -0.140. The Kier molecular flexibility index (Phi) is 9.86. The monoisotopic (exact) mass is 398 g/mol. The first-order valence-corrected chi connectivity index (χ1v) is 8.55. The molecule has 3 amide bonds. The summed E-state index contributed by atoms with van der Waals surface area (Å²) in [7, 11) is 0. The van der Waals surface area contributed by atoms with Crippen LogP contribution in [0.2, 0.25) is 0 Å². The minimum absolute atomic E-state index is 0.215. The van der Waals surface area contributed by atoms with Crippen LogP contribution in [0.1, 0.15) is 42.7 Å². The van der Waals surface area contributed by atoms with E-state index in [9.17, 15) is 23.6 Å². The normalized spacial score (nSPS) is 11.3. The second-order valence-corrected chi connectivity index (χ2v) is 5.74. The molecule has 1 aromatic rings. The average Bonchev–Trinajstić information content (AvgIpc) is 2.63. The number of aliphatic carboxylic acids is 2. The number of carboxylic acid groups (broad SMARTS) is 2. The van der Waals surface area contributed by atoms with E-state index in [0.717, 1.165) is 12.3 Å². The molecule has 0 aliphatic rings. The minimum Gasteiger partial charge on any atom is -0.481 e. The predicted octanol–water partition coefficient (Wildman–Crippen LogP) is 0.133. The fourth-order valence-electron chi connectivity index (χ4n) is 2.09.